The van der Waals surface area contributed by atoms with Crippen molar-refractivity contribution in [3.63, 3.8) is 0 Å². The lowest BCUT2D eigenvalue weighted by Gasteiger charge is -1.99. The average molecular weight is 257 g/mol. The Morgan fingerprint density at radius 3 is 2.83 bits per heavy atom. The van der Waals surface area contributed by atoms with E-state index in [0.717, 1.165) is 16.2 Å². The number of anilines is 1. The molecule has 0 saturated carbocycles. The Labute approximate surface area is 108 Å². The van der Waals surface area contributed by atoms with E-state index in [-0.39, 0.29) is 0 Å². The summed E-state index contributed by atoms with van der Waals surface area (Å²) in [4.78, 5) is 6.36. The quantitative estimate of drug-likeness (QED) is 0.764. The molecule has 0 aliphatic rings. The van der Waals surface area contributed by atoms with Gasteiger partial charge >= 0.3 is 0 Å². The lowest BCUT2D eigenvalue weighted by Crippen LogP contribution is -1.88. The molecule has 0 unspecified atom stereocenters. The van der Waals surface area contributed by atoms with Crippen LogP contribution < -0.4 is 5.73 Å². The number of aryl methyl sites for hydroxylation is 1. The number of nitrogens with two attached hydrogens (primary N) is 1. The Balaban J connectivity index is 2.06. The second-order valence-corrected chi connectivity index (χ2v) is 5.02. The van der Waals surface area contributed by atoms with E-state index in [2.05, 4.69) is 23.1 Å². The van der Waals surface area contributed by atoms with Gasteiger partial charge in [-0.1, -0.05) is 5.16 Å². The highest BCUT2D eigenvalue weighted by atomic mass is 32.1. The minimum atomic E-state index is 0.531. The Kier molecular flexibility index (Phi) is 2.60. The molecule has 18 heavy (non-hydrogen) atoms. The molecule has 0 aliphatic carbocycles. The van der Waals surface area contributed by atoms with Crippen LogP contribution in [0.4, 0.5) is 5.82 Å². The van der Waals surface area contributed by atoms with Crippen LogP contribution >= 0.6 is 11.3 Å². The molecule has 0 bridgehead atoms. The van der Waals surface area contributed by atoms with E-state index in [0.29, 0.717) is 5.82 Å². The Morgan fingerprint density at radius 1 is 1.28 bits per heavy atom. The van der Waals surface area contributed by atoms with Gasteiger partial charge in [-0.3, -0.25) is 0 Å². The monoisotopic (exact) mass is 257 g/mol. The van der Waals surface area contributed by atoms with Crippen LogP contribution in [-0.2, 0) is 0 Å². The number of thiophene rings is 1. The molecule has 0 radical (unpaired) electrons. The minimum Gasteiger partial charge on any atom is -0.384 e. The van der Waals surface area contributed by atoms with E-state index in [1.807, 2.05) is 18.2 Å². The molecule has 0 aliphatic heterocycles. The molecule has 3 heterocycles. The van der Waals surface area contributed by atoms with Gasteiger partial charge in [0.15, 0.2) is 5.76 Å². The smallest absolute Gasteiger partial charge is 0.176 e. The molecule has 3 aromatic heterocycles. The van der Waals surface area contributed by atoms with Gasteiger partial charge < -0.3 is 10.3 Å². The second kappa shape index (κ2) is 4.27. The first-order valence-electron chi connectivity index (χ1n) is 5.47. The Morgan fingerprint density at radius 2 is 2.17 bits per heavy atom. The molecule has 5 heteroatoms. The molecule has 4 nitrogen and oxygen atoms in total. The fourth-order valence-corrected chi connectivity index (χ4v) is 2.89. The van der Waals surface area contributed by atoms with Crippen molar-refractivity contribution >= 4 is 17.2 Å². The number of pyridine rings is 1. The first kappa shape index (κ1) is 11.0. The maximum absolute atomic E-state index is 5.59. The summed E-state index contributed by atoms with van der Waals surface area (Å²) >= 11 is 1.66. The maximum Gasteiger partial charge on any atom is 0.176 e. The molecule has 0 aromatic carbocycles. The molecule has 0 spiro atoms. The Hall–Kier alpha value is -2.14. The minimum absolute atomic E-state index is 0.531. The van der Waals surface area contributed by atoms with Gasteiger partial charge in [0.25, 0.3) is 0 Å². The van der Waals surface area contributed by atoms with Crippen LogP contribution in [0.1, 0.15) is 5.56 Å². The van der Waals surface area contributed by atoms with E-state index in [1.54, 1.807) is 23.7 Å². The normalized spacial score (nSPS) is 10.7. The summed E-state index contributed by atoms with van der Waals surface area (Å²) in [5.74, 6) is 1.32. The van der Waals surface area contributed by atoms with E-state index < -0.39 is 0 Å². The largest absolute Gasteiger partial charge is 0.384 e. The highest BCUT2D eigenvalue weighted by molar-refractivity contribution is 7.19. The summed E-state index contributed by atoms with van der Waals surface area (Å²) in [6, 6.07) is 7.74. The standard InChI is InChI=1S/C13H11N3OS/c1-8-6-11(10-4-5-16-17-10)18-13(8)9-2-3-12(14)15-7-9/h2-7H,1H3,(H2,14,15). The summed E-state index contributed by atoms with van der Waals surface area (Å²) in [7, 11) is 0. The highest BCUT2D eigenvalue weighted by Gasteiger charge is 2.11. The van der Waals surface area contributed by atoms with Crippen LogP contribution in [0, 0.1) is 6.92 Å². The van der Waals surface area contributed by atoms with E-state index >= 15 is 0 Å². The zero-order valence-corrected chi connectivity index (χ0v) is 10.6. The Bertz CT molecular complexity index is 656. The number of nitrogens with zero attached hydrogens (tertiary/aromatic N) is 2. The molecule has 3 aromatic rings. The lowest BCUT2D eigenvalue weighted by molar-refractivity contribution is 0.433. The zero-order chi connectivity index (χ0) is 12.5. The lowest BCUT2D eigenvalue weighted by atomic mass is 10.1. The number of rotatable bonds is 2. The summed E-state index contributed by atoms with van der Waals surface area (Å²) in [6.07, 6.45) is 3.44. The molecule has 2 N–H and O–H groups in total. The number of hydrogen-bond acceptors (Lipinski definition) is 5. The van der Waals surface area contributed by atoms with Crippen molar-refractivity contribution in [2.24, 2.45) is 0 Å². The predicted octanol–water partition coefficient (Wildman–Crippen LogP) is 3.36. The van der Waals surface area contributed by atoms with E-state index in [1.165, 1.54) is 10.4 Å². The fourth-order valence-electron chi connectivity index (χ4n) is 1.77. The van der Waals surface area contributed by atoms with E-state index in [4.69, 9.17) is 10.3 Å². The van der Waals surface area contributed by atoms with Crippen LogP contribution in [0.3, 0.4) is 0 Å². The molecular formula is C13H11N3OS. The summed E-state index contributed by atoms with van der Waals surface area (Å²) in [5, 5.41) is 3.72. The van der Waals surface area contributed by atoms with Gasteiger partial charge in [-0.05, 0) is 30.7 Å². The van der Waals surface area contributed by atoms with Crippen LogP contribution in [0.15, 0.2) is 41.2 Å². The molecular weight excluding hydrogens is 246 g/mol. The van der Waals surface area contributed by atoms with Crippen LogP contribution in [-0.4, -0.2) is 10.1 Å². The van der Waals surface area contributed by atoms with Crippen molar-refractivity contribution in [1.82, 2.24) is 10.1 Å². The van der Waals surface area contributed by atoms with Gasteiger partial charge in [-0.15, -0.1) is 11.3 Å². The maximum atomic E-state index is 5.59. The fraction of sp³-hybridized carbons (Fsp3) is 0.0769. The van der Waals surface area contributed by atoms with Crippen LogP contribution in [0.2, 0.25) is 0 Å². The van der Waals surface area contributed by atoms with E-state index in [9.17, 15) is 0 Å². The van der Waals surface area contributed by atoms with Gasteiger partial charge in [0.1, 0.15) is 5.82 Å². The summed E-state index contributed by atoms with van der Waals surface area (Å²) in [5.41, 5.74) is 7.85. The molecule has 0 amide bonds. The molecule has 0 saturated heterocycles. The van der Waals surface area contributed by atoms with Crippen LogP contribution in [0.5, 0.6) is 0 Å². The summed E-state index contributed by atoms with van der Waals surface area (Å²) in [6.45, 7) is 2.07. The molecule has 3 rings (SSSR count). The van der Waals surface area contributed by atoms with Gasteiger partial charge in [0, 0.05) is 22.7 Å². The molecule has 90 valence electrons. The number of nitrogen functional groups attached to an aromatic ring is 1. The third-order valence-corrected chi connectivity index (χ3v) is 3.95. The predicted molar refractivity (Wildman–Crippen MR) is 72.2 cm³/mol. The van der Waals surface area contributed by atoms with Crippen molar-refractivity contribution < 1.29 is 4.52 Å². The van der Waals surface area contributed by atoms with Gasteiger partial charge in [0.2, 0.25) is 0 Å². The van der Waals surface area contributed by atoms with Gasteiger partial charge in [-0.25, -0.2) is 4.98 Å². The van der Waals surface area contributed by atoms with Gasteiger partial charge in [0.05, 0.1) is 11.1 Å². The van der Waals surface area contributed by atoms with Crippen molar-refractivity contribution in [2.75, 3.05) is 5.73 Å². The topological polar surface area (TPSA) is 64.9 Å². The van der Waals surface area contributed by atoms with Crippen molar-refractivity contribution in [2.45, 2.75) is 6.92 Å². The SMILES string of the molecule is Cc1cc(-c2ccno2)sc1-c1ccc(N)nc1. The van der Waals surface area contributed by atoms with Crippen molar-refractivity contribution in [3.8, 4) is 21.1 Å². The number of hydrogen-bond donors (Lipinski definition) is 1. The third-order valence-electron chi connectivity index (χ3n) is 2.65. The first-order valence-corrected chi connectivity index (χ1v) is 6.29. The van der Waals surface area contributed by atoms with Crippen molar-refractivity contribution in [1.29, 1.82) is 0 Å². The molecule has 0 fully saturated rings. The molecule has 0 atom stereocenters. The zero-order valence-electron chi connectivity index (χ0n) is 9.75. The first-order chi connectivity index (χ1) is 8.74. The van der Waals surface area contributed by atoms with Crippen LogP contribution in [0.25, 0.3) is 21.1 Å². The van der Waals surface area contributed by atoms with Crippen molar-refractivity contribution in [3.05, 3.63) is 42.2 Å². The summed E-state index contributed by atoms with van der Waals surface area (Å²) < 4.78 is 5.17. The average Bonchev–Trinajstić information content (AvgIpc) is 2.99. The van der Waals surface area contributed by atoms with Gasteiger partial charge in [-0.2, -0.15) is 0 Å². The second-order valence-electron chi connectivity index (χ2n) is 3.97. The third kappa shape index (κ3) is 1.89. The highest BCUT2D eigenvalue weighted by Crippen LogP contribution is 2.37. The number of aromatic nitrogens is 2.